The minimum Gasteiger partial charge on any atom is -0.464 e. The zero-order chi connectivity index (χ0) is 17.0. The molecule has 0 saturated carbocycles. The van der Waals surface area contributed by atoms with Crippen molar-refractivity contribution in [1.29, 1.82) is 0 Å². The fourth-order valence-electron chi connectivity index (χ4n) is 3.22. The summed E-state index contributed by atoms with van der Waals surface area (Å²) in [4.78, 5) is 8.06. The van der Waals surface area contributed by atoms with Crippen LogP contribution in [0.15, 0.2) is 0 Å². The Morgan fingerprint density at radius 3 is 2.92 bits per heavy atom. The molecule has 3 rings (SSSR count). The Morgan fingerprint density at radius 1 is 1.33 bits per heavy atom. The Hall–Kier alpha value is -0.790. The van der Waals surface area contributed by atoms with E-state index in [0.29, 0.717) is 11.3 Å². The summed E-state index contributed by atoms with van der Waals surface area (Å²) < 4.78 is 36.7. The van der Waals surface area contributed by atoms with Crippen LogP contribution in [0.2, 0.25) is 0 Å². The van der Waals surface area contributed by atoms with E-state index in [4.69, 9.17) is 9.47 Å². The molecule has 24 heavy (non-hydrogen) atoms. The molecule has 1 aromatic rings. The van der Waals surface area contributed by atoms with Gasteiger partial charge in [0.15, 0.2) is 6.61 Å². The first-order valence-corrected chi connectivity index (χ1v) is 9.64. The summed E-state index contributed by atoms with van der Waals surface area (Å²) in [5.74, 6) is -2.82. The lowest BCUT2D eigenvalue weighted by Gasteiger charge is -2.26. The maximum absolute atomic E-state index is 12.9. The third kappa shape index (κ3) is 5.36. The van der Waals surface area contributed by atoms with E-state index in [2.05, 4.69) is 9.88 Å². The van der Waals surface area contributed by atoms with Crippen LogP contribution >= 0.6 is 11.3 Å². The molecule has 4 nitrogen and oxygen atoms in total. The highest BCUT2D eigenvalue weighted by Gasteiger charge is 2.25. The number of hydrogen-bond donors (Lipinski definition) is 0. The summed E-state index contributed by atoms with van der Waals surface area (Å²) in [7, 11) is 0. The van der Waals surface area contributed by atoms with Crippen molar-refractivity contribution >= 4 is 11.3 Å². The Kier molecular flexibility index (Phi) is 6.05. The van der Waals surface area contributed by atoms with Gasteiger partial charge in [0.25, 0.3) is 11.1 Å². The molecule has 0 aromatic carbocycles. The fraction of sp³-hybridized carbons (Fsp3) is 0.824. The molecular weight excluding hydrogens is 334 g/mol. The molecule has 2 aliphatic rings. The summed E-state index contributed by atoms with van der Waals surface area (Å²) in [5, 5.41) is 0.380. The van der Waals surface area contributed by atoms with E-state index in [9.17, 15) is 8.78 Å². The van der Waals surface area contributed by atoms with E-state index in [1.807, 2.05) is 0 Å². The molecular formula is C17H26F2N2O2S. The van der Waals surface area contributed by atoms with E-state index >= 15 is 0 Å². The SMILES string of the molecule is CC(F)(F)COc1nc2c(s1)CCN(CC[C@H]1CCCCO1)CC2. The maximum Gasteiger partial charge on any atom is 0.278 e. The molecule has 0 spiro atoms. The first kappa shape index (κ1) is 18.0. The van der Waals surface area contributed by atoms with Crippen LogP contribution in [0.5, 0.6) is 5.19 Å². The second kappa shape index (κ2) is 8.06. The number of nitrogens with zero attached hydrogens (tertiary/aromatic N) is 2. The van der Waals surface area contributed by atoms with Crippen molar-refractivity contribution < 1.29 is 18.3 Å². The van der Waals surface area contributed by atoms with Gasteiger partial charge in [-0.25, -0.2) is 13.8 Å². The van der Waals surface area contributed by atoms with E-state index in [1.54, 1.807) is 0 Å². The van der Waals surface area contributed by atoms with Crippen molar-refractivity contribution in [2.24, 2.45) is 0 Å². The Morgan fingerprint density at radius 2 is 2.17 bits per heavy atom. The highest BCUT2D eigenvalue weighted by atomic mass is 32.1. The summed E-state index contributed by atoms with van der Waals surface area (Å²) in [6, 6.07) is 0. The monoisotopic (exact) mass is 360 g/mol. The highest BCUT2D eigenvalue weighted by molar-refractivity contribution is 7.13. The average molecular weight is 360 g/mol. The Balaban J connectivity index is 1.46. The molecule has 0 unspecified atom stereocenters. The van der Waals surface area contributed by atoms with Crippen molar-refractivity contribution in [2.45, 2.75) is 57.5 Å². The zero-order valence-electron chi connectivity index (χ0n) is 14.2. The molecule has 3 heterocycles. The number of halogens is 2. The molecule has 1 atom stereocenters. The zero-order valence-corrected chi connectivity index (χ0v) is 15.0. The number of thiazole rings is 1. The van der Waals surface area contributed by atoms with Crippen LogP contribution in [0.25, 0.3) is 0 Å². The molecule has 0 N–H and O–H groups in total. The molecule has 0 aliphatic carbocycles. The van der Waals surface area contributed by atoms with Crippen molar-refractivity contribution in [3.05, 3.63) is 10.6 Å². The van der Waals surface area contributed by atoms with Crippen LogP contribution in [0.3, 0.4) is 0 Å². The number of hydrogen-bond acceptors (Lipinski definition) is 5. The van der Waals surface area contributed by atoms with Gasteiger partial charge in [0.2, 0.25) is 0 Å². The van der Waals surface area contributed by atoms with E-state index in [0.717, 1.165) is 58.1 Å². The topological polar surface area (TPSA) is 34.6 Å². The van der Waals surface area contributed by atoms with Crippen LogP contribution in [-0.4, -0.2) is 54.8 Å². The summed E-state index contributed by atoms with van der Waals surface area (Å²) in [6.07, 6.45) is 6.97. The maximum atomic E-state index is 12.9. The Bertz CT molecular complexity index is 502. The summed E-state index contributed by atoms with van der Waals surface area (Å²) in [5.41, 5.74) is 1.02. The Labute approximate surface area is 146 Å². The molecule has 2 aliphatic heterocycles. The van der Waals surface area contributed by atoms with Crippen LogP contribution in [0.1, 0.15) is 43.2 Å². The van der Waals surface area contributed by atoms with Crippen LogP contribution < -0.4 is 4.74 Å². The van der Waals surface area contributed by atoms with Gasteiger partial charge < -0.3 is 14.4 Å². The third-order valence-corrected chi connectivity index (χ3v) is 5.64. The molecule has 136 valence electrons. The summed E-state index contributed by atoms with van der Waals surface area (Å²) >= 11 is 1.42. The van der Waals surface area contributed by atoms with Crippen molar-refractivity contribution in [1.82, 2.24) is 9.88 Å². The lowest BCUT2D eigenvalue weighted by Crippen LogP contribution is -2.31. The van der Waals surface area contributed by atoms with Crippen molar-refractivity contribution in [3.63, 3.8) is 0 Å². The van der Waals surface area contributed by atoms with Gasteiger partial charge in [-0.05, 0) is 32.1 Å². The second-order valence-corrected chi connectivity index (χ2v) is 7.87. The van der Waals surface area contributed by atoms with Gasteiger partial charge in [-0.3, -0.25) is 0 Å². The number of fused-ring (bicyclic) bond motifs is 1. The van der Waals surface area contributed by atoms with E-state index in [1.165, 1.54) is 35.5 Å². The lowest BCUT2D eigenvalue weighted by atomic mass is 10.1. The third-order valence-electron chi connectivity index (χ3n) is 4.57. The largest absolute Gasteiger partial charge is 0.464 e. The molecule has 1 fully saturated rings. The van der Waals surface area contributed by atoms with Crippen LogP contribution in [0.4, 0.5) is 8.78 Å². The van der Waals surface area contributed by atoms with E-state index < -0.39 is 12.5 Å². The van der Waals surface area contributed by atoms with Gasteiger partial charge in [0.1, 0.15) is 0 Å². The quantitative estimate of drug-likeness (QED) is 0.777. The molecule has 7 heteroatoms. The van der Waals surface area contributed by atoms with Gasteiger partial charge in [-0.1, -0.05) is 11.3 Å². The fourth-order valence-corrected chi connectivity index (χ4v) is 4.16. The van der Waals surface area contributed by atoms with Gasteiger partial charge in [-0.15, -0.1) is 0 Å². The second-order valence-electron chi connectivity index (χ2n) is 6.83. The number of ether oxygens (including phenoxy) is 2. The first-order valence-electron chi connectivity index (χ1n) is 8.83. The molecule has 0 bridgehead atoms. The van der Waals surface area contributed by atoms with Crippen molar-refractivity contribution in [2.75, 3.05) is 32.8 Å². The minimum atomic E-state index is -2.82. The summed E-state index contributed by atoms with van der Waals surface area (Å²) in [6.45, 7) is 4.18. The average Bonchev–Trinajstić information content (AvgIpc) is 2.85. The highest BCUT2D eigenvalue weighted by Crippen LogP contribution is 2.29. The smallest absolute Gasteiger partial charge is 0.278 e. The van der Waals surface area contributed by atoms with Crippen LogP contribution in [-0.2, 0) is 17.6 Å². The van der Waals surface area contributed by atoms with Gasteiger partial charge >= 0.3 is 0 Å². The number of rotatable bonds is 6. The predicted molar refractivity (Wildman–Crippen MR) is 90.3 cm³/mol. The molecule has 0 amide bonds. The first-order chi connectivity index (χ1) is 11.5. The number of alkyl halides is 2. The molecule has 1 saturated heterocycles. The predicted octanol–water partition coefficient (Wildman–Crippen LogP) is 3.54. The lowest BCUT2D eigenvalue weighted by molar-refractivity contribution is -0.0230. The van der Waals surface area contributed by atoms with E-state index in [-0.39, 0.29) is 0 Å². The van der Waals surface area contributed by atoms with Crippen molar-refractivity contribution in [3.8, 4) is 5.19 Å². The number of aromatic nitrogens is 1. The van der Waals surface area contributed by atoms with Crippen LogP contribution in [0, 0.1) is 0 Å². The van der Waals surface area contributed by atoms with Gasteiger partial charge in [-0.2, -0.15) is 0 Å². The molecule has 1 aromatic heterocycles. The van der Waals surface area contributed by atoms with Gasteiger partial charge in [0, 0.05) is 44.5 Å². The normalized spacial score (nSPS) is 22.9. The standard InChI is InChI=1S/C17H26F2N2O2S/c1-17(18,19)12-23-16-20-14-6-9-21(10-7-15(14)24-16)8-5-13-4-2-3-11-22-13/h13H,2-12H2,1H3/t13-/m1/s1. The minimum absolute atomic E-state index is 0.380. The van der Waals surface area contributed by atoms with Gasteiger partial charge in [0.05, 0.1) is 11.8 Å². The molecule has 0 radical (unpaired) electrons.